The second kappa shape index (κ2) is 5.56. The Morgan fingerprint density at radius 2 is 1.79 bits per heavy atom. The third-order valence-corrected chi connectivity index (χ3v) is 2.71. The van der Waals surface area contributed by atoms with Gasteiger partial charge < -0.3 is 10.2 Å². The quantitative estimate of drug-likeness (QED) is 0.840. The van der Waals surface area contributed by atoms with Crippen LogP contribution in [0, 0.1) is 0 Å². The Labute approximate surface area is 93.1 Å². The van der Waals surface area contributed by atoms with Gasteiger partial charge in [-0.1, -0.05) is 29.3 Å². The van der Waals surface area contributed by atoms with Crippen molar-refractivity contribution in [3.05, 3.63) is 33.8 Å². The minimum Gasteiger partial charge on any atom is -0.394 e. The van der Waals surface area contributed by atoms with Gasteiger partial charge in [0.2, 0.25) is 0 Å². The van der Waals surface area contributed by atoms with Gasteiger partial charge in [-0.2, -0.15) is 0 Å². The van der Waals surface area contributed by atoms with Crippen molar-refractivity contribution in [3.8, 4) is 0 Å². The second-order valence-electron chi connectivity index (χ2n) is 3.08. The maximum atomic E-state index is 9.16. The lowest BCUT2D eigenvalue weighted by molar-refractivity contribution is 0.0886. The molecule has 0 radical (unpaired) electrons. The molecular formula is C10H12Cl2O2. The molecule has 0 saturated carbocycles. The number of benzene rings is 1. The molecule has 1 aromatic carbocycles. The SMILES string of the molecule is OC[C@@H](O)CCc1c(Cl)cccc1Cl. The molecule has 0 bridgehead atoms. The summed E-state index contributed by atoms with van der Waals surface area (Å²) in [4.78, 5) is 0. The largest absolute Gasteiger partial charge is 0.394 e. The van der Waals surface area contributed by atoms with Crippen LogP contribution in [0.15, 0.2) is 18.2 Å². The zero-order valence-corrected chi connectivity index (χ0v) is 9.09. The van der Waals surface area contributed by atoms with E-state index in [-0.39, 0.29) is 6.61 Å². The molecule has 0 saturated heterocycles. The summed E-state index contributed by atoms with van der Waals surface area (Å²) in [5.41, 5.74) is 0.823. The Morgan fingerprint density at radius 3 is 2.29 bits per heavy atom. The average Bonchev–Trinajstić information content (AvgIpc) is 2.16. The maximum absolute atomic E-state index is 9.16. The monoisotopic (exact) mass is 234 g/mol. The third-order valence-electron chi connectivity index (χ3n) is 2.00. The molecule has 2 N–H and O–H groups in total. The predicted molar refractivity (Wildman–Crippen MR) is 57.9 cm³/mol. The highest BCUT2D eigenvalue weighted by Gasteiger charge is 2.08. The van der Waals surface area contributed by atoms with E-state index in [0.717, 1.165) is 5.56 Å². The van der Waals surface area contributed by atoms with Crippen LogP contribution in [-0.4, -0.2) is 22.9 Å². The molecule has 4 heteroatoms. The molecule has 0 amide bonds. The number of aliphatic hydroxyl groups excluding tert-OH is 2. The van der Waals surface area contributed by atoms with Gasteiger partial charge in [0.1, 0.15) is 0 Å². The Balaban J connectivity index is 2.66. The van der Waals surface area contributed by atoms with Crippen LogP contribution in [-0.2, 0) is 6.42 Å². The van der Waals surface area contributed by atoms with Crippen LogP contribution in [0.2, 0.25) is 10.0 Å². The minimum atomic E-state index is -0.706. The van der Waals surface area contributed by atoms with Crippen LogP contribution in [0.5, 0.6) is 0 Å². The van der Waals surface area contributed by atoms with Crippen molar-refractivity contribution in [1.82, 2.24) is 0 Å². The van der Waals surface area contributed by atoms with Gasteiger partial charge in [-0.15, -0.1) is 0 Å². The standard InChI is InChI=1S/C10H12Cl2O2/c11-9-2-1-3-10(12)8(9)5-4-7(14)6-13/h1-3,7,13-14H,4-6H2/t7-/m0/s1. The van der Waals surface area contributed by atoms with Crippen molar-refractivity contribution < 1.29 is 10.2 Å². The minimum absolute atomic E-state index is 0.234. The summed E-state index contributed by atoms with van der Waals surface area (Å²) in [5.74, 6) is 0. The molecule has 0 fully saturated rings. The van der Waals surface area contributed by atoms with E-state index in [1.807, 2.05) is 0 Å². The van der Waals surface area contributed by atoms with Gasteiger partial charge in [0, 0.05) is 10.0 Å². The Hall–Kier alpha value is -0.280. The van der Waals surface area contributed by atoms with Gasteiger partial charge in [-0.3, -0.25) is 0 Å². The van der Waals surface area contributed by atoms with Gasteiger partial charge in [0.25, 0.3) is 0 Å². The van der Waals surface area contributed by atoms with Gasteiger partial charge in [-0.05, 0) is 30.5 Å². The fourth-order valence-electron chi connectivity index (χ4n) is 1.17. The summed E-state index contributed by atoms with van der Waals surface area (Å²) in [6.07, 6.45) is 0.322. The lowest BCUT2D eigenvalue weighted by Gasteiger charge is -2.09. The fourth-order valence-corrected chi connectivity index (χ4v) is 1.76. The first-order valence-electron chi connectivity index (χ1n) is 4.37. The highest BCUT2D eigenvalue weighted by molar-refractivity contribution is 6.35. The molecule has 14 heavy (non-hydrogen) atoms. The number of aliphatic hydroxyl groups is 2. The molecule has 0 unspecified atom stereocenters. The van der Waals surface area contributed by atoms with Crippen LogP contribution in [0.4, 0.5) is 0 Å². The van der Waals surface area contributed by atoms with Crippen molar-refractivity contribution in [2.45, 2.75) is 18.9 Å². The lowest BCUT2D eigenvalue weighted by atomic mass is 10.1. The first-order chi connectivity index (χ1) is 6.65. The van der Waals surface area contributed by atoms with Crippen molar-refractivity contribution >= 4 is 23.2 Å². The number of rotatable bonds is 4. The van der Waals surface area contributed by atoms with Crippen LogP contribution in [0.3, 0.4) is 0 Å². The highest BCUT2D eigenvalue weighted by atomic mass is 35.5. The Morgan fingerprint density at radius 1 is 1.21 bits per heavy atom. The third kappa shape index (κ3) is 3.14. The summed E-state index contributed by atoms with van der Waals surface area (Å²) < 4.78 is 0. The molecular weight excluding hydrogens is 223 g/mol. The molecule has 0 spiro atoms. The summed E-state index contributed by atoms with van der Waals surface area (Å²) in [5, 5.41) is 19.0. The molecule has 0 aromatic heterocycles. The molecule has 0 aliphatic carbocycles. The zero-order valence-electron chi connectivity index (χ0n) is 7.58. The number of hydrogen-bond acceptors (Lipinski definition) is 2. The zero-order chi connectivity index (χ0) is 10.6. The van der Waals surface area contributed by atoms with Gasteiger partial charge in [0.15, 0.2) is 0 Å². The average molecular weight is 235 g/mol. The van der Waals surface area contributed by atoms with E-state index in [1.54, 1.807) is 18.2 Å². The van der Waals surface area contributed by atoms with Crippen LogP contribution < -0.4 is 0 Å². The molecule has 0 aliphatic heterocycles. The van der Waals surface area contributed by atoms with E-state index in [9.17, 15) is 0 Å². The van der Waals surface area contributed by atoms with E-state index in [1.165, 1.54) is 0 Å². The number of hydrogen-bond donors (Lipinski definition) is 2. The van der Waals surface area contributed by atoms with Gasteiger partial charge >= 0.3 is 0 Å². The van der Waals surface area contributed by atoms with E-state index in [4.69, 9.17) is 33.4 Å². The topological polar surface area (TPSA) is 40.5 Å². The highest BCUT2D eigenvalue weighted by Crippen LogP contribution is 2.25. The molecule has 78 valence electrons. The van der Waals surface area contributed by atoms with Crippen molar-refractivity contribution in [2.24, 2.45) is 0 Å². The fraction of sp³-hybridized carbons (Fsp3) is 0.400. The Bertz CT molecular complexity index is 282. The molecule has 0 aliphatic rings. The smallest absolute Gasteiger partial charge is 0.0774 e. The van der Waals surface area contributed by atoms with Crippen molar-refractivity contribution in [3.63, 3.8) is 0 Å². The number of halogens is 2. The summed E-state index contributed by atoms with van der Waals surface area (Å²) in [6, 6.07) is 5.29. The van der Waals surface area contributed by atoms with Gasteiger partial charge in [0.05, 0.1) is 12.7 Å². The molecule has 2 nitrogen and oxygen atoms in total. The predicted octanol–water partition coefficient (Wildman–Crippen LogP) is 2.28. The van der Waals surface area contributed by atoms with E-state index < -0.39 is 6.10 Å². The first kappa shape index (κ1) is 11.8. The summed E-state index contributed by atoms with van der Waals surface area (Å²) in [6.45, 7) is -0.234. The first-order valence-corrected chi connectivity index (χ1v) is 5.12. The normalized spacial score (nSPS) is 12.9. The van der Waals surface area contributed by atoms with E-state index >= 15 is 0 Å². The van der Waals surface area contributed by atoms with Crippen LogP contribution in [0.1, 0.15) is 12.0 Å². The summed E-state index contributed by atoms with van der Waals surface area (Å²) >= 11 is 11.9. The maximum Gasteiger partial charge on any atom is 0.0774 e. The van der Waals surface area contributed by atoms with Gasteiger partial charge in [-0.25, -0.2) is 0 Å². The van der Waals surface area contributed by atoms with Crippen molar-refractivity contribution in [2.75, 3.05) is 6.61 Å². The van der Waals surface area contributed by atoms with E-state index in [2.05, 4.69) is 0 Å². The lowest BCUT2D eigenvalue weighted by Crippen LogP contribution is -2.12. The van der Waals surface area contributed by atoms with Crippen molar-refractivity contribution in [1.29, 1.82) is 0 Å². The molecule has 1 aromatic rings. The second-order valence-corrected chi connectivity index (χ2v) is 3.89. The molecule has 1 rings (SSSR count). The Kier molecular flexibility index (Phi) is 4.69. The summed E-state index contributed by atoms with van der Waals surface area (Å²) in [7, 11) is 0. The van der Waals surface area contributed by atoms with Crippen LogP contribution >= 0.6 is 23.2 Å². The molecule has 0 heterocycles. The molecule has 1 atom stereocenters. The van der Waals surface area contributed by atoms with Crippen LogP contribution in [0.25, 0.3) is 0 Å². The van der Waals surface area contributed by atoms with E-state index in [0.29, 0.717) is 22.9 Å².